The van der Waals surface area contributed by atoms with Crippen LogP contribution in [0.5, 0.6) is 5.75 Å². The van der Waals surface area contributed by atoms with Crippen molar-refractivity contribution >= 4 is 18.2 Å². The Hall–Kier alpha value is -3.66. The minimum absolute atomic E-state index is 0.108. The van der Waals surface area contributed by atoms with Crippen molar-refractivity contribution in [1.29, 1.82) is 0 Å². The van der Waals surface area contributed by atoms with Crippen LogP contribution in [0.1, 0.15) is 12.5 Å². The number of rotatable bonds is 7. The number of hydrogen-bond donors (Lipinski definition) is 1. The minimum Gasteiger partial charge on any atom is -0.483 e. The number of para-hydroxylation sites is 1. The predicted octanol–water partition coefficient (Wildman–Crippen LogP) is 4.94. The number of amides is 1. The van der Waals surface area contributed by atoms with Crippen molar-refractivity contribution in [1.82, 2.24) is 5.43 Å². The second-order valence-electron chi connectivity index (χ2n) is 6.24. The maximum atomic E-state index is 12.0. The number of hydrogen-bond acceptors (Lipinski definition) is 3. The van der Waals surface area contributed by atoms with E-state index in [-0.39, 0.29) is 12.5 Å². The number of benzene rings is 3. The Kier molecular flexibility index (Phi) is 6.74. The van der Waals surface area contributed by atoms with Gasteiger partial charge in [-0.2, -0.15) is 5.10 Å². The number of allylic oxidation sites excluding steroid dienone is 1. The molecule has 28 heavy (non-hydrogen) atoms. The highest BCUT2D eigenvalue weighted by molar-refractivity contribution is 5.86. The number of nitrogens with one attached hydrogen (secondary N) is 1. The SMILES string of the molecule is CC(/C=N\NC(=O)COc1ccccc1-c1ccccc1)=C\c1ccccc1. The molecule has 0 radical (unpaired) electrons. The van der Waals surface area contributed by atoms with Gasteiger partial charge in [0.25, 0.3) is 5.91 Å². The summed E-state index contributed by atoms with van der Waals surface area (Å²) in [4.78, 5) is 12.0. The van der Waals surface area contributed by atoms with E-state index in [0.717, 1.165) is 22.3 Å². The van der Waals surface area contributed by atoms with Gasteiger partial charge in [0.15, 0.2) is 6.61 Å². The average molecular weight is 370 g/mol. The first-order chi connectivity index (χ1) is 13.7. The van der Waals surface area contributed by atoms with Gasteiger partial charge in [-0.25, -0.2) is 5.43 Å². The molecule has 3 aromatic carbocycles. The van der Waals surface area contributed by atoms with Crippen molar-refractivity contribution in [3.05, 3.63) is 96.1 Å². The number of carbonyl (C=O) groups is 1. The van der Waals surface area contributed by atoms with Gasteiger partial charge in [0, 0.05) is 5.56 Å². The van der Waals surface area contributed by atoms with E-state index in [0.29, 0.717) is 5.75 Å². The molecule has 0 bridgehead atoms. The molecule has 0 aliphatic rings. The van der Waals surface area contributed by atoms with E-state index in [1.54, 1.807) is 6.21 Å². The quantitative estimate of drug-likeness (QED) is 0.473. The van der Waals surface area contributed by atoms with Gasteiger partial charge in [-0.15, -0.1) is 0 Å². The first-order valence-corrected chi connectivity index (χ1v) is 9.05. The van der Waals surface area contributed by atoms with Gasteiger partial charge >= 0.3 is 0 Å². The summed E-state index contributed by atoms with van der Waals surface area (Å²) in [5.74, 6) is 0.347. The maximum absolute atomic E-state index is 12.0. The second kappa shape index (κ2) is 9.88. The van der Waals surface area contributed by atoms with Crippen molar-refractivity contribution in [2.75, 3.05) is 6.61 Å². The summed E-state index contributed by atoms with van der Waals surface area (Å²) in [6, 6.07) is 27.5. The van der Waals surface area contributed by atoms with Crippen molar-refractivity contribution in [2.45, 2.75) is 6.92 Å². The molecule has 1 amide bonds. The predicted molar refractivity (Wildman–Crippen MR) is 114 cm³/mol. The third-order valence-corrected chi connectivity index (χ3v) is 3.98. The molecule has 0 unspecified atom stereocenters. The fourth-order valence-electron chi connectivity index (χ4n) is 2.68. The van der Waals surface area contributed by atoms with E-state index in [1.807, 2.05) is 97.9 Å². The zero-order chi connectivity index (χ0) is 19.6. The van der Waals surface area contributed by atoms with Crippen LogP contribution in [0.15, 0.2) is 95.6 Å². The zero-order valence-electron chi connectivity index (χ0n) is 15.7. The normalized spacial score (nSPS) is 11.4. The van der Waals surface area contributed by atoms with Gasteiger partial charge < -0.3 is 4.74 Å². The number of ether oxygens (including phenoxy) is 1. The van der Waals surface area contributed by atoms with Gasteiger partial charge in [-0.05, 0) is 29.7 Å². The molecule has 0 aliphatic carbocycles. The van der Waals surface area contributed by atoms with Crippen LogP contribution in [0.25, 0.3) is 17.2 Å². The highest BCUT2D eigenvalue weighted by Crippen LogP contribution is 2.29. The molecule has 0 aliphatic heterocycles. The molecule has 0 aromatic heterocycles. The third kappa shape index (κ3) is 5.68. The first kappa shape index (κ1) is 19.1. The molecule has 0 saturated heterocycles. The monoisotopic (exact) mass is 370 g/mol. The summed E-state index contributed by atoms with van der Waals surface area (Å²) in [5, 5.41) is 3.99. The summed E-state index contributed by atoms with van der Waals surface area (Å²) in [7, 11) is 0. The summed E-state index contributed by atoms with van der Waals surface area (Å²) in [6.07, 6.45) is 3.60. The minimum atomic E-state index is -0.313. The van der Waals surface area contributed by atoms with E-state index < -0.39 is 0 Å². The van der Waals surface area contributed by atoms with E-state index in [4.69, 9.17) is 4.74 Å². The lowest BCUT2D eigenvalue weighted by atomic mass is 10.1. The number of nitrogens with zero attached hydrogens (tertiary/aromatic N) is 1. The van der Waals surface area contributed by atoms with E-state index in [1.165, 1.54) is 0 Å². The van der Waals surface area contributed by atoms with Gasteiger partial charge in [0.1, 0.15) is 5.75 Å². The molecule has 3 aromatic rings. The fourth-order valence-corrected chi connectivity index (χ4v) is 2.68. The van der Waals surface area contributed by atoms with Crippen LogP contribution >= 0.6 is 0 Å². The molecule has 4 nitrogen and oxygen atoms in total. The molecule has 0 atom stereocenters. The molecular weight excluding hydrogens is 348 g/mol. The molecular formula is C24H22N2O2. The molecule has 1 N–H and O–H groups in total. The van der Waals surface area contributed by atoms with Crippen molar-refractivity contribution < 1.29 is 9.53 Å². The largest absolute Gasteiger partial charge is 0.483 e. The molecule has 0 spiro atoms. The molecule has 4 heteroatoms. The lowest BCUT2D eigenvalue weighted by Gasteiger charge is -2.10. The second-order valence-corrected chi connectivity index (χ2v) is 6.24. The first-order valence-electron chi connectivity index (χ1n) is 9.05. The topological polar surface area (TPSA) is 50.7 Å². The van der Waals surface area contributed by atoms with Crippen molar-refractivity contribution in [3.8, 4) is 16.9 Å². The summed E-state index contributed by atoms with van der Waals surface area (Å²) >= 11 is 0. The van der Waals surface area contributed by atoms with Gasteiger partial charge in [-0.3, -0.25) is 4.79 Å². The Labute approximate surface area is 165 Å². The van der Waals surface area contributed by atoms with E-state index in [2.05, 4.69) is 10.5 Å². The van der Waals surface area contributed by atoms with Crippen LogP contribution in [0, 0.1) is 0 Å². The molecule has 0 heterocycles. The Morgan fingerprint density at radius 2 is 1.57 bits per heavy atom. The highest BCUT2D eigenvalue weighted by atomic mass is 16.5. The lowest BCUT2D eigenvalue weighted by molar-refractivity contribution is -0.123. The van der Waals surface area contributed by atoms with Crippen LogP contribution in [-0.2, 0) is 4.79 Å². The summed E-state index contributed by atoms with van der Waals surface area (Å²) in [6.45, 7) is 1.82. The van der Waals surface area contributed by atoms with Crippen LogP contribution in [0.4, 0.5) is 0 Å². The molecule has 0 fully saturated rings. The van der Waals surface area contributed by atoms with Crippen LogP contribution in [-0.4, -0.2) is 18.7 Å². The zero-order valence-corrected chi connectivity index (χ0v) is 15.7. The maximum Gasteiger partial charge on any atom is 0.277 e. The third-order valence-electron chi connectivity index (χ3n) is 3.98. The van der Waals surface area contributed by atoms with Gasteiger partial charge in [0.05, 0.1) is 6.21 Å². The molecule has 0 saturated carbocycles. The molecule has 140 valence electrons. The van der Waals surface area contributed by atoms with E-state index in [9.17, 15) is 4.79 Å². The van der Waals surface area contributed by atoms with Crippen LogP contribution in [0.3, 0.4) is 0 Å². The van der Waals surface area contributed by atoms with Gasteiger partial charge in [-0.1, -0.05) is 84.9 Å². The van der Waals surface area contributed by atoms with Crippen molar-refractivity contribution in [3.63, 3.8) is 0 Å². The Morgan fingerprint density at radius 3 is 2.32 bits per heavy atom. The van der Waals surface area contributed by atoms with Gasteiger partial charge in [0.2, 0.25) is 0 Å². The average Bonchev–Trinajstić information content (AvgIpc) is 2.74. The van der Waals surface area contributed by atoms with E-state index >= 15 is 0 Å². The fraction of sp³-hybridized carbons (Fsp3) is 0.0833. The smallest absolute Gasteiger partial charge is 0.277 e. The van der Waals surface area contributed by atoms with Crippen molar-refractivity contribution in [2.24, 2.45) is 5.10 Å². The van der Waals surface area contributed by atoms with Crippen LogP contribution < -0.4 is 10.2 Å². The highest BCUT2D eigenvalue weighted by Gasteiger charge is 2.07. The summed E-state index contributed by atoms with van der Waals surface area (Å²) < 4.78 is 5.71. The standard InChI is InChI=1S/C24H22N2O2/c1-19(16-20-10-4-2-5-11-20)17-25-26-24(27)18-28-23-15-9-8-14-22(23)21-12-6-3-7-13-21/h2-17H,18H2,1H3,(H,26,27)/b19-16+,25-17-. The Morgan fingerprint density at radius 1 is 0.929 bits per heavy atom. The summed E-state index contributed by atoms with van der Waals surface area (Å²) in [5.41, 5.74) is 6.49. The number of hydrazone groups is 1. The lowest BCUT2D eigenvalue weighted by Crippen LogP contribution is -2.24. The number of carbonyl (C=O) groups excluding carboxylic acids is 1. The van der Waals surface area contributed by atoms with Crippen LogP contribution in [0.2, 0.25) is 0 Å². The molecule has 3 rings (SSSR count). The Balaban J connectivity index is 1.55. The Bertz CT molecular complexity index is 964.